The first-order valence-electron chi connectivity index (χ1n) is 7.32. The number of rotatable bonds is 6. The zero-order valence-electron chi connectivity index (χ0n) is 12.9. The van der Waals surface area contributed by atoms with Crippen LogP contribution in [0.3, 0.4) is 0 Å². The molecular formula is C17H19N3O3. The molecule has 0 aliphatic rings. The molecule has 2 rings (SSSR count). The molecule has 0 radical (unpaired) electrons. The van der Waals surface area contributed by atoms with Crippen LogP contribution in [0.2, 0.25) is 0 Å². The third-order valence-corrected chi connectivity index (χ3v) is 3.22. The van der Waals surface area contributed by atoms with E-state index < -0.39 is 6.04 Å². The molecule has 2 aromatic rings. The number of anilines is 1. The van der Waals surface area contributed by atoms with Crippen LogP contribution >= 0.6 is 0 Å². The van der Waals surface area contributed by atoms with Gasteiger partial charge in [-0.25, -0.2) is 0 Å². The number of carbonyl (C=O) groups is 2. The second-order valence-corrected chi connectivity index (χ2v) is 4.95. The van der Waals surface area contributed by atoms with Crippen molar-refractivity contribution in [2.75, 3.05) is 12.3 Å². The first-order chi connectivity index (χ1) is 11.1. The van der Waals surface area contributed by atoms with E-state index in [9.17, 15) is 9.59 Å². The van der Waals surface area contributed by atoms with Crippen LogP contribution in [-0.4, -0.2) is 23.5 Å². The Hall–Kier alpha value is -2.89. The van der Waals surface area contributed by atoms with E-state index in [2.05, 4.69) is 10.3 Å². The molecule has 0 aliphatic heterocycles. The third-order valence-electron chi connectivity index (χ3n) is 3.22. The summed E-state index contributed by atoms with van der Waals surface area (Å²) in [6.45, 7) is 2.03. The van der Waals surface area contributed by atoms with Crippen LogP contribution in [0.15, 0.2) is 48.8 Å². The van der Waals surface area contributed by atoms with Gasteiger partial charge >= 0.3 is 5.97 Å². The molecule has 3 N–H and O–H groups in total. The van der Waals surface area contributed by atoms with Gasteiger partial charge in [0.05, 0.1) is 19.1 Å². The van der Waals surface area contributed by atoms with Gasteiger partial charge in [0.25, 0.3) is 5.91 Å². The number of pyridine rings is 1. The van der Waals surface area contributed by atoms with Gasteiger partial charge in [-0.2, -0.15) is 0 Å². The summed E-state index contributed by atoms with van der Waals surface area (Å²) >= 11 is 0. The van der Waals surface area contributed by atoms with Crippen molar-refractivity contribution in [1.82, 2.24) is 10.3 Å². The van der Waals surface area contributed by atoms with Crippen LogP contribution in [0, 0.1) is 0 Å². The normalized spacial score (nSPS) is 11.5. The number of amides is 1. The van der Waals surface area contributed by atoms with E-state index in [1.54, 1.807) is 55.7 Å². The molecule has 1 heterocycles. The van der Waals surface area contributed by atoms with Crippen LogP contribution < -0.4 is 11.1 Å². The number of carbonyl (C=O) groups excluding carboxylic acids is 2. The molecule has 6 nitrogen and oxygen atoms in total. The first-order valence-corrected chi connectivity index (χ1v) is 7.32. The van der Waals surface area contributed by atoms with Gasteiger partial charge in [-0.1, -0.05) is 12.1 Å². The molecular weight excluding hydrogens is 294 g/mol. The van der Waals surface area contributed by atoms with Crippen molar-refractivity contribution < 1.29 is 14.3 Å². The van der Waals surface area contributed by atoms with Gasteiger partial charge in [-0.3, -0.25) is 14.6 Å². The smallest absolute Gasteiger partial charge is 0.308 e. The minimum Gasteiger partial charge on any atom is -0.466 e. The van der Waals surface area contributed by atoms with Gasteiger partial charge in [-0.15, -0.1) is 0 Å². The molecule has 1 unspecified atom stereocenters. The number of benzene rings is 1. The van der Waals surface area contributed by atoms with Gasteiger partial charge in [-0.05, 0) is 36.8 Å². The van der Waals surface area contributed by atoms with Crippen molar-refractivity contribution in [3.63, 3.8) is 0 Å². The van der Waals surface area contributed by atoms with Crippen molar-refractivity contribution in [3.05, 3.63) is 59.9 Å². The van der Waals surface area contributed by atoms with Crippen LogP contribution in [0.4, 0.5) is 5.69 Å². The van der Waals surface area contributed by atoms with E-state index in [4.69, 9.17) is 10.5 Å². The number of esters is 1. The number of nitrogen functional groups attached to an aromatic ring is 1. The summed E-state index contributed by atoms with van der Waals surface area (Å²) in [5.74, 6) is -0.690. The molecule has 0 spiro atoms. The summed E-state index contributed by atoms with van der Waals surface area (Å²) in [7, 11) is 0. The molecule has 0 bridgehead atoms. The standard InChI is InChI=1S/C17H19N3O3/c1-2-23-16(21)10-15(13-6-4-8-19-11-13)20-17(22)12-5-3-7-14(18)9-12/h3-9,11,15H,2,10,18H2,1H3,(H,20,22). The quantitative estimate of drug-likeness (QED) is 0.629. The van der Waals surface area contributed by atoms with E-state index in [0.717, 1.165) is 5.56 Å². The molecule has 0 fully saturated rings. The van der Waals surface area contributed by atoms with Crippen molar-refractivity contribution in [2.24, 2.45) is 0 Å². The minimum atomic E-state index is -0.517. The SMILES string of the molecule is CCOC(=O)CC(NC(=O)c1cccc(N)c1)c1cccnc1. The Kier molecular flexibility index (Phi) is 5.68. The molecule has 1 aromatic heterocycles. The summed E-state index contributed by atoms with van der Waals surface area (Å²) in [6.07, 6.45) is 3.28. The van der Waals surface area contributed by atoms with Crippen molar-refractivity contribution >= 4 is 17.6 Å². The van der Waals surface area contributed by atoms with Gasteiger partial charge < -0.3 is 15.8 Å². The maximum Gasteiger partial charge on any atom is 0.308 e. The molecule has 23 heavy (non-hydrogen) atoms. The zero-order valence-corrected chi connectivity index (χ0v) is 12.9. The highest BCUT2D eigenvalue weighted by atomic mass is 16.5. The van der Waals surface area contributed by atoms with Crippen LogP contribution in [0.25, 0.3) is 0 Å². The lowest BCUT2D eigenvalue weighted by Gasteiger charge is -2.18. The fourth-order valence-corrected chi connectivity index (χ4v) is 2.14. The van der Waals surface area contributed by atoms with E-state index in [0.29, 0.717) is 17.9 Å². The maximum atomic E-state index is 12.4. The van der Waals surface area contributed by atoms with E-state index in [1.165, 1.54) is 0 Å². The second kappa shape index (κ2) is 7.93. The van der Waals surface area contributed by atoms with E-state index >= 15 is 0 Å². The lowest BCUT2D eigenvalue weighted by molar-refractivity contribution is -0.143. The lowest BCUT2D eigenvalue weighted by Crippen LogP contribution is -2.30. The molecule has 1 amide bonds. The van der Waals surface area contributed by atoms with E-state index in [1.807, 2.05) is 0 Å². The predicted molar refractivity (Wildman–Crippen MR) is 86.5 cm³/mol. The Balaban J connectivity index is 2.17. The minimum absolute atomic E-state index is 0.0353. The topological polar surface area (TPSA) is 94.3 Å². The van der Waals surface area contributed by atoms with Crippen LogP contribution in [0.5, 0.6) is 0 Å². The average Bonchev–Trinajstić information content (AvgIpc) is 2.55. The second-order valence-electron chi connectivity index (χ2n) is 4.95. The Bertz CT molecular complexity index is 674. The number of hydrogen-bond donors (Lipinski definition) is 2. The Labute approximate surface area is 134 Å². The highest BCUT2D eigenvalue weighted by Gasteiger charge is 2.20. The Morgan fingerprint density at radius 3 is 2.78 bits per heavy atom. The summed E-state index contributed by atoms with van der Waals surface area (Å²) in [6, 6.07) is 9.69. The van der Waals surface area contributed by atoms with Crippen molar-refractivity contribution in [1.29, 1.82) is 0 Å². The van der Waals surface area contributed by atoms with Crippen molar-refractivity contribution in [3.8, 4) is 0 Å². The Morgan fingerprint density at radius 2 is 2.13 bits per heavy atom. The number of nitrogens with one attached hydrogen (secondary N) is 1. The van der Waals surface area contributed by atoms with Crippen LogP contribution in [0.1, 0.15) is 35.3 Å². The molecule has 0 saturated carbocycles. The number of hydrogen-bond acceptors (Lipinski definition) is 5. The molecule has 1 aromatic carbocycles. The van der Waals surface area contributed by atoms with Gasteiger partial charge in [0.2, 0.25) is 0 Å². The summed E-state index contributed by atoms with van der Waals surface area (Å²) in [4.78, 5) is 28.2. The monoisotopic (exact) mass is 313 g/mol. The third kappa shape index (κ3) is 4.81. The predicted octanol–water partition coefficient (Wildman–Crippen LogP) is 2.09. The molecule has 120 valence electrons. The maximum absolute atomic E-state index is 12.4. The highest BCUT2D eigenvalue weighted by Crippen LogP contribution is 2.18. The fraction of sp³-hybridized carbons (Fsp3) is 0.235. The molecule has 1 atom stereocenters. The number of nitrogens with zero attached hydrogens (tertiary/aromatic N) is 1. The van der Waals surface area contributed by atoms with Crippen molar-refractivity contribution in [2.45, 2.75) is 19.4 Å². The van der Waals surface area contributed by atoms with Gasteiger partial charge in [0.1, 0.15) is 0 Å². The zero-order chi connectivity index (χ0) is 16.7. The highest BCUT2D eigenvalue weighted by molar-refractivity contribution is 5.95. The van der Waals surface area contributed by atoms with Crippen LogP contribution in [-0.2, 0) is 9.53 Å². The molecule has 6 heteroatoms. The number of aromatic nitrogens is 1. The first kappa shape index (κ1) is 16.5. The van der Waals surface area contributed by atoms with E-state index in [-0.39, 0.29) is 18.3 Å². The summed E-state index contributed by atoms with van der Waals surface area (Å²) in [5.41, 5.74) is 7.36. The number of nitrogens with two attached hydrogens (primary N) is 1. The molecule has 0 aliphatic carbocycles. The Morgan fingerprint density at radius 1 is 1.30 bits per heavy atom. The number of ether oxygens (including phenoxy) is 1. The fourth-order valence-electron chi connectivity index (χ4n) is 2.14. The molecule has 0 saturated heterocycles. The summed E-state index contributed by atoms with van der Waals surface area (Å²) in [5, 5.41) is 2.83. The average molecular weight is 313 g/mol. The largest absolute Gasteiger partial charge is 0.466 e. The lowest BCUT2D eigenvalue weighted by atomic mass is 10.0. The van der Waals surface area contributed by atoms with Gasteiger partial charge in [0.15, 0.2) is 0 Å². The van der Waals surface area contributed by atoms with Gasteiger partial charge in [0, 0.05) is 23.6 Å². The summed E-state index contributed by atoms with van der Waals surface area (Å²) < 4.78 is 4.97.